The van der Waals surface area contributed by atoms with Crippen LogP contribution in [0.3, 0.4) is 0 Å². The van der Waals surface area contributed by atoms with Crippen LogP contribution in [0.4, 0.5) is 18.4 Å². The van der Waals surface area contributed by atoms with Crippen molar-refractivity contribution in [3.8, 4) is 0 Å². The Morgan fingerprint density at radius 1 is 0.644 bits per heavy atom. The van der Waals surface area contributed by atoms with Crippen LogP contribution in [-0.2, 0) is 28.7 Å². The van der Waals surface area contributed by atoms with E-state index in [2.05, 4.69) is 56.2 Å². The minimum atomic E-state index is -0.839. The highest BCUT2D eigenvalue weighted by Crippen LogP contribution is 2.61. The molecular weight excluding hydrogens is 1310 g/mol. The molecule has 4 saturated heterocycles. The van der Waals surface area contributed by atoms with Crippen molar-refractivity contribution >= 4 is 109 Å². The predicted octanol–water partition coefficient (Wildman–Crippen LogP) is 9.92. The van der Waals surface area contributed by atoms with Gasteiger partial charge < -0.3 is 49.9 Å². The number of amides is 4. The molecule has 4 atom stereocenters. The number of alkyl halides is 1. The number of nitrogens with zero attached hydrogens (tertiary/aromatic N) is 9. The van der Waals surface area contributed by atoms with Crippen molar-refractivity contribution in [1.82, 2.24) is 45.1 Å². The average molecular weight is 1380 g/mol. The van der Waals surface area contributed by atoms with Gasteiger partial charge in [-0.25, -0.2) is 37.9 Å². The Morgan fingerprint density at radius 2 is 1.11 bits per heavy atom. The van der Waals surface area contributed by atoms with Crippen molar-refractivity contribution in [3.63, 3.8) is 0 Å². The highest BCUT2D eigenvalue weighted by Gasteiger charge is 2.60. The number of ether oxygens (including phenoxy) is 2. The SMILES string of the molecule is C.COC(=O)C1=C(CBr)NC(c2nccs2)=N[C@H]1c1ccc(F)cc1Cl.COC(=O)C1=C(CN2CCN3C(=O)N(C4CC5(CC(C(=O)O)C5)C4)C[C@@H]3C2)NC(c2nccs2)=N[C@H]1c1ccc(F)cc1Cl.O=C(O)C1CC2(C1)CC(N1C[C@@H]3CCCCN3C1=O)C2. The first-order valence-corrected chi connectivity index (χ1v) is 33.3. The Hall–Kier alpha value is -6.58. The highest BCUT2D eigenvalue weighted by atomic mass is 79.9. The van der Waals surface area contributed by atoms with Crippen molar-refractivity contribution < 1.29 is 57.2 Å². The second-order valence-corrected chi connectivity index (χ2v) is 27.9. The van der Waals surface area contributed by atoms with E-state index >= 15 is 0 Å². The number of carbonyl (C=O) groups excluding carboxylic acids is 4. The number of halogens is 5. The number of hydrogen-bond donors (Lipinski definition) is 4. The van der Waals surface area contributed by atoms with Crippen LogP contribution in [0.25, 0.3) is 0 Å². The number of aromatic nitrogens is 2. The zero-order chi connectivity index (χ0) is 62.6. The lowest BCUT2D eigenvalue weighted by Crippen LogP contribution is -2.58. The first-order valence-electron chi connectivity index (χ1n) is 29.7. The molecule has 0 bridgehead atoms. The maximum absolute atomic E-state index is 14.0. The van der Waals surface area contributed by atoms with Crippen molar-refractivity contribution in [3.05, 3.63) is 125 Å². The molecule has 90 heavy (non-hydrogen) atoms. The molecule has 10 aliphatic rings. The molecule has 4 amide bonds. The number of hydrogen-bond acceptors (Lipinski definition) is 17. The van der Waals surface area contributed by atoms with Crippen LogP contribution in [0.15, 0.2) is 92.1 Å². The Morgan fingerprint density at radius 3 is 1.54 bits per heavy atom. The van der Waals surface area contributed by atoms with E-state index < -0.39 is 47.6 Å². The summed E-state index contributed by atoms with van der Waals surface area (Å²) in [7, 11) is 2.61. The van der Waals surface area contributed by atoms with Crippen LogP contribution in [0, 0.1) is 34.3 Å². The summed E-state index contributed by atoms with van der Waals surface area (Å²) in [6, 6.07) is 7.73. The number of amidine groups is 2. The molecule has 6 aliphatic heterocycles. The van der Waals surface area contributed by atoms with E-state index in [4.69, 9.17) is 42.8 Å². The number of carboxylic acid groups (broad SMARTS) is 2. The summed E-state index contributed by atoms with van der Waals surface area (Å²) in [5.41, 5.74) is 3.12. The van der Waals surface area contributed by atoms with Crippen molar-refractivity contribution in [1.29, 1.82) is 0 Å². The van der Waals surface area contributed by atoms with Crippen LogP contribution in [-0.4, -0.2) is 182 Å². The Labute approximate surface area is 545 Å². The number of esters is 2. The molecule has 8 fully saturated rings. The number of nitrogens with one attached hydrogen (secondary N) is 2. The average Bonchev–Trinajstić information content (AvgIpc) is 1.23. The van der Waals surface area contributed by atoms with E-state index in [1.165, 1.54) is 79.7 Å². The van der Waals surface area contributed by atoms with Crippen molar-refractivity contribution in [2.45, 2.75) is 114 Å². The van der Waals surface area contributed by atoms with Crippen LogP contribution in [0.1, 0.15) is 111 Å². The number of allylic oxidation sites excluding steroid dienone is 1. The number of fused-ring (bicyclic) bond motifs is 2. The lowest BCUT2D eigenvalue weighted by Gasteiger charge is -2.58. The topological polar surface area (TPSA) is 252 Å². The van der Waals surface area contributed by atoms with Gasteiger partial charge in [0, 0.05) is 119 Å². The van der Waals surface area contributed by atoms with Gasteiger partial charge in [0.2, 0.25) is 0 Å². The highest BCUT2D eigenvalue weighted by molar-refractivity contribution is 9.09. The summed E-state index contributed by atoms with van der Waals surface area (Å²) in [6.07, 6.45) is 13.8. The number of aliphatic imine (C=N–C) groups is 2. The third-order valence-corrected chi connectivity index (χ3v) is 22.1. The quantitative estimate of drug-likeness (QED) is 0.0718. The molecule has 14 rings (SSSR count). The lowest BCUT2D eigenvalue weighted by atomic mass is 9.50. The van der Waals surface area contributed by atoms with Gasteiger partial charge in [0.1, 0.15) is 23.7 Å². The molecule has 0 unspecified atom stereocenters. The molecule has 2 aromatic carbocycles. The van der Waals surface area contributed by atoms with Gasteiger partial charge in [-0.2, -0.15) is 0 Å². The van der Waals surface area contributed by atoms with E-state index in [1.807, 2.05) is 20.6 Å². The summed E-state index contributed by atoms with van der Waals surface area (Å²) >= 11 is 18.9. The fourth-order valence-electron chi connectivity index (χ4n) is 14.9. The van der Waals surface area contributed by atoms with Crippen LogP contribution in [0.2, 0.25) is 10.0 Å². The van der Waals surface area contributed by atoms with Gasteiger partial charge in [-0.15, -0.1) is 22.7 Å². The third kappa shape index (κ3) is 12.7. The van der Waals surface area contributed by atoms with Gasteiger partial charge in [-0.05, 0) is 106 Å². The molecular formula is C62H70BrCl2F2N11O10S2. The standard InChI is InChI=1S/C30H32ClFN6O5S.C16H12BrClFN3O2S.C15H22N2O3.CH4/c1-43-28(41)23-22(34-25(26-33-4-7-44-26)35-24(23)20-3-2-17(32)8-21(20)31)15-36-5-6-37-19(13-36)14-38(29(37)42)18-11-30(12-18)9-16(10-30)27(39)40;1-24-16(23)12-11(7-17)21-14(15-20-4-5-25-15)22-13(12)9-3-2-8(19)6-10(9)18;18-13(19)10-5-15(6-10)7-12(8-15)17-9-11-3-1-2-4-16(11)14(17)20;/h2-4,7-8,16,18-19,24H,5-6,9-15H2,1H3,(H,34,35)(H,39,40);2-6,13H,7H2,1H3,(H,21,22);10-12H,1-9H2,(H,18,19);1H4/t16?,18?,19-,24-,30?;13-;10?,11-,12?,15?;/m000./s1. The predicted molar refractivity (Wildman–Crippen MR) is 338 cm³/mol. The van der Waals surface area contributed by atoms with Gasteiger partial charge >= 0.3 is 35.9 Å². The summed E-state index contributed by atoms with van der Waals surface area (Å²) in [5, 5.41) is 30.4. The van der Waals surface area contributed by atoms with Gasteiger partial charge in [-0.3, -0.25) is 24.5 Å². The molecule has 0 radical (unpaired) electrons. The number of piperazine rings is 1. The summed E-state index contributed by atoms with van der Waals surface area (Å²) in [5.74, 6) is -2.80. The number of aliphatic carboxylic acids is 2. The van der Waals surface area contributed by atoms with Gasteiger partial charge in [0.15, 0.2) is 21.7 Å². The second-order valence-electron chi connectivity index (χ2n) is 24.7. The maximum Gasteiger partial charge on any atom is 0.338 e. The normalized spacial score (nSPS) is 29.0. The van der Waals surface area contributed by atoms with E-state index in [0.29, 0.717) is 113 Å². The first kappa shape index (κ1) is 64.9. The molecule has 8 heterocycles. The van der Waals surface area contributed by atoms with Crippen molar-refractivity contribution in [2.24, 2.45) is 32.7 Å². The van der Waals surface area contributed by atoms with Gasteiger partial charge in [0.05, 0.1) is 49.3 Å². The molecule has 4 saturated carbocycles. The number of piperidine rings is 1. The summed E-state index contributed by atoms with van der Waals surface area (Å²) < 4.78 is 37.5. The summed E-state index contributed by atoms with van der Waals surface area (Å²) in [4.78, 5) is 102. The molecule has 4 aliphatic carbocycles. The molecule has 2 spiro atoms. The molecule has 4 aromatic rings. The molecule has 21 nitrogen and oxygen atoms in total. The number of benzene rings is 2. The smallest absolute Gasteiger partial charge is 0.338 e. The fraction of sp³-hybridized carbons (Fsp3) is 0.516. The monoisotopic (exact) mass is 1380 g/mol. The minimum Gasteiger partial charge on any atom is -0.481 e. The van der Waals surface area contributed by atoms with E-state index in [-0.39, 0.29) is 69.9 Å². The fourth-order valence-corrected chi connectivity index (χ4v) is 17.1. The number of carbonyl (C=O) groups is 6. The maximum atomic E-state index is 14.0. The molecule has 28 heteroatoms. The number of methoxy groups -OCH3 is 2. The van der Waals surface area contributed by atoms with Crippen LogP contribution >= 0.6 is 61.8 Å². The Kier molecular flexibility index (Phi) is 19.2. The molecule has 480 valence electrons. The Balaban J connectivity index is 0.000000153. The van der Waals surface area contributed by atoms with Gasteiger partial charge in [0.25, 0.3) is 0 Å². The second kappa shape index (κ2) is 26.6. The summed E-state index contributed by atoms with van der Waals surface area (Å²) in [6.45, 7) is 4.60. The number of rotatable bonds is 13. The van der Waals surface area contributed by atoms with Gasteiger partial charge in [-0.1, -0.05) is 58.7 Å². The largest absolute Gasteiger partial charge is 0.481 e. The zero-order valence-electron chi connectivity index (χ0n) is 48.7. The number of urea groups is 2. The van der Waals surface area contributed by atoms with E-state index in [1.54, 1.807) is 12.4 Å². The minimum absolute atomic E-state index is 0. The number of thiazole rings is 2. The molecule has 4 N–H and O–H groups in total. The van der Waals surface area contributed by atoms with E-state index in [9.17, 15) is 42.7 Å². The zero-order valence-corrected chi connectivity index (χ0v) is 53.4. The van der Waals surface area contributed by atoms with Crippen LogP contribution < -0.4 is 10.6 Å². The molecule has 2 aromatic heterocycles. The third-order valence-electron chi connectivity index (χ3n) is 19.3. The van der Waals surface area contributed by atoms with E-state index in [0.717, 1.165) is 64.5 Å². The van der Waals surface area contributed by atoms with Crippen LogP contribution in [0.5, 0.6) is 0 Å². The lowest BCUT2D eigenvalue weighted by molar-refractivity contribution is -0.158. The first-order chi connectivity index (χ1) is 42.8. The Bertz CT molecular complexity index is 3570. The number of carboxylic acids is 2. The van der Waals surface area contributed by atoms with Crippen molar-refractivity contribution in [2.75, 3.05) is 65.4 Å².